The third kappa shape index (κ3) is 4.36. The van der Waals surface area contributed by atoms with E-state index in [1.165, 1.54) is 18.4 Å². The zero-order valence-electron chi connectivity index (χ0n) is 15.9. The molecule has 0 saturated carbocycles. The van der Waals surface area contributed by atoms with E-state index in [4.69, 9.17) is 4.52 Å². The minimum atomic E-state index is -0.106. The highest BCUT2D eigenvalue weighted by Gasteiger charge is 2.14. The van der Waals surface area contributed by atoms with E-state index < -0.39 is 0 Å². The van der Waals surface area contributed by atoms with Crippen LogP contribution in [0.5, 0.6) is 0 Å². The molecule has 1 fully saturated rings. The van der Waals surface area contributed by atoms with E-state index in [9.17, 15) is 4.79 Å². The zero-order valence-corrected chi connectivity index (χ0v) is 15.9. The van der Waals surface area contributed by atoms with Gasteiger partial charge in [-0.15, -0.1) is 0 Å². The molecule has 0 atom stereocenters. The lowest BCUT2D eigenvalue weighted by Crippen LogP contribution is -2.19. The van der Waals surface area contributed by atoms with Crippen molar-refractivity contribution in [1.29, 1.82) is 0 Å². The van der Waals surface area contributed by atoms with Gasteiger partial charge in [0, 0.05) is 31.5 Å². The second-order valence-electron chi connectivity index (χ2n) is 7.03. The highest BCUT2D eigenvalue weighted by atomic mass is 16.5. The number of hydrogen-bond acceptors (Lipinski definition) is 6. The van der Waals surface area contributed by atoms with Crippen molar-refractivity contribution in [2.24, 2.45) is 0 Å². The lowest BCUT2D eigenvalue weighted by molar-refractivity contribution is -0.116. The van der Waals surface area contributed by atoms with Gasteiger partial charge in [0.2, 0.25) is 17.6 Å². The number of amides is 1. The Labute approximate surface area is 163 Å². The molecule has 0 spiro atoms. The molecule has 0 bridgehead atoms. The van der Waals surface area contributed by atoms with Crippen molar-refractivity contribution >= 4 is 17.4 Å². The SMILES string of the molecule is Cc1ccc(-c2noc(CCC(=O)Nc3ccc(N4CCCC4)nc3)n2)cc1. The summed E-state index contributed by atoms with van der Waals surface area (Å²) in [6, 6.07) is 11.8. The molecule has 1 amide bonds. The van der Waals surface area contributed by atoms with Gasteiger partial charge in [-0.25, -0.2) is 4.98 Å². The monoisotopic (exact) mass is 377 g/mol. The van der Waals surface area contributed by atoms with Gasteiger partial charge in [-0.05, 0) is 31.9 Å². The number of benzene rings is 1. The summed E-state index contributed by atoms with van der Waals surface area (Å²) >= 11 is 0. The van der Waals surface area contributed by atoms with Crippen molar-refractivity contribution in [3.63, 3.8) is 0 Å². The number of carbonyl (C=O) groups is 1. The molecule has 1 aliphatic heterocycles. The van der Waals surface area contributed by atoms with E-state index in [2.05, 4.69) is 25.3 Å². The van der Waals surface area contributed by atoms with Crippen LogP contribution in [0.3, 0.4) is 0 Å². The fourth-order valence-electron chi connectivity index (χ4n) is 3.21. The first-order valence-corrected chi connectivity index (χ1v) is 9.58. The predicted octanol–water partition coefficient (Wildman–Crippen LogP) is 3.61. The first-order chi connectivity index (χ1) is 13.7. The second kappa shape index (κ2) is 8.21. The zero-order chi connectivity index (χ0) is 19.3. The van der Waals surface area contributed by atoms with Gasteiger partial charge in [0.05, 0.1) is 11.9 Å². The van der Waals surface area contributed by atoms with Crippen LogP contribution in [-0.4, -0.2) is 34.1 Å². The van der Waals surface area contributed by atoms with Crippen LogP contribution in [0.4, 0.5) is 11.5 Å². The van der Waals surface area contributed by atoms with Gasteiger partial charge in [-0.2, -0.15) is 4.98 Å². The average molecular weight is 377 g/mol. The molecule has 0 unspecified atom stereocenters. The summed E-state index contributed by atoms with van der Waals surface area (Å²) in [6.45, 7) is 4.13. The maximum atomic E-state index is 12.2. The number of anilines is 2. The van der Waals surface area contributed by atoms with E-state index in [0.717, 1.165) is 24.5 Å². The van der Waals surface area contributed by atoms with Crippen molar-refractivity contribution in [2.45, 2.75) is 32.6 Å². The van der Waals surface area contributed by atoms with Gasteiger partial charge in [0.25, 0.3) is 0 Å². The predicted molar refractivity (Wildman–Crippen MR) is 107 cm³/mol. The van der Waals surface area contributed by atoms with Gasteiger partial charge in [0.1, 0.15) is 5.82 Å². The van der Waals surface area contributed by atoms with Gasteiger partial charge in [0.15, 0.2) is 0 Å². The number of hydrogen-bond donors (Lipinski definition) is 1. The molecular formula is C21H23N5O2. The third-order valence-corrected chi connectivity index (χ3v) is 4.81. The number of aromatic nitrogens is 3. The molecule has 7 nitrogen and oxygen atoms in total. The molecule has 2 aromatic heterocycles. The summed E-state index contributed by atoms with van der Waals surface area (Å²) < 4.78 is 5.26. The smallest absolute Gasteiger partial charge is 0.227 e. The Balaban J connectivity index is 1.29. The van der Waals surface area contributed by atoms with Crippen LogP contribution >= 0.6 is 0 Å². The summed E-state index contributed by atoms with van der Waals surface area (Å²) in [5, 5.41) is 6.86. The van der Waals surface area contributed by atoms with Crippen LogP contribution in [0.1, 0.15) is 30.7 Å². The summed E-state index contributed by atoms with van der Waals surface area (Å²) in [4.78, 5) is 23.3. The molecule has 1 aromatic carbocycles. The first kappa shape index (κ1) is 18.2. The summed E-state index contributed by atoms with van der Waals surface area (Å²) in [5.41, 5.74) is 2.76. The molecule has 0 radical (unpaired) electrons. The normalized spacial score (nSPS) is 13.7. The molecule has 0 aliphatic carbocycles. The molecule has 28 heavy (non-hydrogen) atoms. The number of nitrogens with one attached hydrogen (secondary N) is 1. The lowest BCUT2D eigenvalue weighted by atomic mass is 10.1. The highest BCUT2D eigenvalue weighted by Crippen LogP contribution is 2.20. The van der Waals surface area contributed by atoms with Gasteiger partial charge in [-0.1, -0.05) is 35.0 Å². The summed E-state index contributed by atoms with van der Waals surface area (Å²) in [5.74, 6) is 1.85. The maximum Gasteiger partial charge on any atom is 0.227 e. The van der Waals surface area contributed by atoms with Crippen molar-refractivity contribution < 1.29 is 9.32 Å². The molecule has 1 N–H and O–H groups in total. The third-order valence-electron chi connectivity index (χ3n) is 4.81. The Morgan fingerprint density at radius 2 is 1.93 bits per heavy atom. The molecule has 7 heteroatoms. The molecule has 1 aliphatic rings. The van der Waals surface area contributed by atoms with E-state index in [1.807, 2.05) is 43.3 Å². The standard InChI is InChI=1S/C21H23N5O2/c1-15-4-6-16(7-5-15)21-24-20(28-25-21)11-10-19(27)23-17-8-9-18(22-14-17)26-12-2-3-13-26/h4-9,14H,2-3,10-13H2,1H3,(H,23,27). The minimum Gasteiger partial charge on any atom is -0.357 e. The Bertz CT molecular complexity index is 928. The van der Waals surface area contributed by atoms with Crippen LogP contribution in [-0.2, 0) is 11.2 Å². The fraction of sp³-hybridized carbons (Fsp3) is 0.333. The molecule has 1 saturated heterocycles. The largest absolute Gasteiger partial charge is 0.357 e. The Morgan fingerprint density at radius 1 is 1.14 bits per heavy atom. The summed E-state index contributed by atoms with van der Waals surface area (Å²) in [7, 11) is 0. The Hall–Kier alpha value is -3.22. The number of aryl methyl sites for hydroxylation is 2. The fourth-order valence-corrected chi connectivity index (χ4v) is 3.21. The minimum absolute atomic E-state index is 0.106. The number of nitrogens with zero attached hydrogens (tertiary/aromatic N) is 4. The van der Waals surface area contributed by atoms with E-state index in [-0.39, 0.29) is 12.3 Å². The lowest BCUT2D eigenvalue weighted by Gasteiger charge is -2.16. The van der Waals surface area contributed by atoms with Crippen LogP contribution in [0.2, 0.25) is 0 Å². The second-order valence-corrected chi connectivity index (χ2v) is 7.03. The van der Waals surface area contributed by atoms with Crippen molar-refractivity contribution in [2.75, 3.05) is 23.3 Å². The van der Waals surface area contributed by atoms with Crippen molar-refractivity contribution in [3.8, 4) is 11.4 Å². The van der Waals surface area contributed by atoms with Crippen LogP contribution < -0.4 is 10.2 Å². The molecule has 144 valence electrons. The quantitative estimate of drug-likeness (QED) is 0.706. The summed E-state index contributed by atoms with van der Waals surface area (Å²) in [6.07, 6.45) is 4.78. The van der Waals surface area contributed by atoms with E-state index in [1.54, 1.807) is 6.20 Å². The van der Waals surface area contributed by atoms with E-state index in [0.29, 0.717) is 23.8 Å². The van der Waals surface area contributed by atoms with E-state index >= 15 is 0 Å². The van der Waals surface area contributed by atoms with Crippen LogP contribution in [0, 0.1) is 6.92 Å². The van der Waals surface area contributed by atoms with Gasteiger partial charge in [-0.3, -0.25) is 4.79 Å². The molecule has 3 aromatic rings. The van der Waals surface area contributed by atoms with Gasteiger partial charge < -0.3 is 14.7 Å². The topological polar surface area (TPSA) is 84.2 Å². The Kier molecular flexibility index (Phi) is 5.32. The Morgan fingerprint density at radius 3 is 2.64 bits per heavy atom. The molecular weight excluding hydrogens is 354 g/mol. The van der Waals surface area contributed by atoms with Crippen LogP contribution in [0.25, 0.3) is 11.4 Å². The number of carbonyl (C=O) groups excluding carboxylic acids is 1. The maximum absolute atomic E-state index is 12.2. The van der Waals surface area contributed by atoms with Crippen LogP contribution in [0.15, 0.2) is 47.1 Å². The van der Waals surface area contributed by atoms with Gasteiger partial charge >= 0.3 is 0 Å². The number of pyridine rings is 1. The van der Waals surface area contributed by atoms with Crippen molar-refractivity contribution in [1.82, 2.24) is 15.1 Å². The molecule has 3 heterocycles. The number of rotatable bonds is 6. The highest BCUT2D eigenvalue weighted by molar-refractivity contribution is 5.90. The average Bonchev–Trinajstić information content (AvgIpc) is 3.40. The molecule has 4 rings (SSSR count). The first-order valence-electron chi connectivity index (χ1n) is 9.58. The van der Waals surface area contributed by atoms with Crippen molar-refractivity contribution in [3.05, 3.63) is 54.0 Å².